The summed E-state index contributed by atoms with van der Waals surface area (Å²) in [4.78, 5) is 4.21. The van der Waals surface area contributed by atoms with Crippen molar-refractivity contribution in [3.8, 4) is 0 Å². The van der Waals surface area contributed by atoms with Gasteiger partial charge >= 0.3 is 0 Å². The highest BCUT2D eigenvalue weighted by Gasteiger charge is 2.04. The average Bonchev–Trinajstić information content (AvgIpc) is 2.40. The van der Waals surface area contributed by atoms with Crippen LogP contribution in [0.15, 0.2) is 11.6 Å². The molecule has 62 valence electrons. The second kappa shape index (κ2) is 4.78. The van der Waals surface area contributed by atoms with Crippen molar-refractivity contribution in [2.75, 3.05) is 0 Å². The molecule has 0 saturated carbocycles. The van der Waals surface area contributed by atoms with Crippen molar-refractivity contribution in [2.24, 2.45) is 0 Å². The molecule has 0 aliphatic heterocycles. The minimum Gasteiger partial charge on any atom is -0.250 e. The van der Waals surface area contributed by atoms with E-state index in [0.29, 0.717) is 5.25 Å². The molecule has 1 nitrogen and oxygen atoms in total. The van der Waals surface area contributed by atoms with Crippen LogP contribution in [0, 0.1) is 0 Å². The molecule has 0 N–H and O–H groups in total. The lowest BCUT2D eigenvalue weighted by Gasteiger charge is -2.05. The summed E-state index contributed by atoms with van der Waals surface area (Å²) < 4.78 is 0. The number of aromatic nitrogens is 1. The van der Waals surface area contributed by atoms with Gasteiger partial charge < -0.3 is 0 Å². The zero-order valence-electron chi connectivity index (χ0n) is 6.66. The zero-order valence-corrected chi connectivity index (χ0v) is 8.37. The van der Waals surface area contributed by atoms with Crippen LogP contribution in [0.25, 0.3) is 0 Å². The smallest absolute Gasteiger partial charge is 0.0935 e. The van der Waals surface area contributed by atoms with E-state index < -0.39 is 0 Å². The summed E-state index contributed by atoms with van der Waals surface area (Å²) in [7, 11) is 0. The first kappa shape index (κ1) is 9.07. The Kier molecular flexibility index (Phi) is 3.94. The molecular formula is C8H13NS2. The van der Waals surface area contributed by atoms with Crippen LogP contribution in [0.5, 0.6) is 0 Å². The van der Waals surface area contributed by atoms with E-state index in [4.69, 9.17) is 0 Å². The molecule has 0 amide bonds. The largest absolute Gasteiger partial charge is 0.250 e. The van der Waals surface area contributed by atoms with Gasteiger partial charge in [-0.1, -0.05) is 13.3 Å². The van der Waals surface area contributed by atoms with Crippen molar-refractivity contribution in [3.63, 3.8) is 0 Å². The Morgan fingerprint density at radius 1 is 1.73 bits per heavy atom. The lowest BCUT2D eigenvalue weighted by atomic mass is 10.2. The highest BCUT2D eigenvalue weighted by molar-refractivity contribution is 7.80. The molecule has 11 heavy (non-hydrogen) atoms. The van der Waals surface area contributed by atoms with Crippen LogP contribution in [0.3, 0.4) is 0 Å². The first-order chi connectivity index (χ1) is 5.33. The van der Waals surface area contributed by atoms with Crippen LogP contribution < -0.4 is 0 Å². The van der Waals surface area contributed by atoms with Gasteiger partial charge in [0, 0.05) is 23.2 Å². The molecule has 0 aliphatic rings. The number of rotatable bonds is 4. The maximum atomic E-state index is 4.46. The third-order valence-electron chi connectivity index (χ3n) is 1.52. The molecule has 0 aromatic carbocycles. The van der Waals surface area contributed by atoms with Crippen LogP contribution in [0.4, 0.5) is 0 Å². The molecule has 1 unspecified atom stereocenters. The lowest BCUT2D eigenvalue weighted by Crippen LogP contribution is -2.01. The fourth-order valence-corrected chi connectivity index (χ4v) is 2.24. The second-order valence-electron chi connectivity index (χ2n) is 2.57. The van der Waals surface area contributed by atoms with Gasteiger partial charge in [-0.3, -0.25) is 0 Å². The average molecular weight is 187 g/mol. The molecule has 0 spiro atoms. The van der Waals surface area contributed by atoms with Gasteiger partial charge in [-0.05, 0) is 6.42 Å². The molecule has 0 saturated heterocycles. The molecule has 1 rings (SSSR count). The molecule has 0 fully saturated rings. The molecule has 1 aromatic rings. The molecular weight excluding hydrogens is 174 g/mol. The Morgan fingerprint density at radius 3 is 3.09 bits per heavy atom. The molecule has 0 radical (unpaired) electrons. The fourth-order valence-electron chi connectivity index (χ4n) is 0.991. The van der Waals surface area contributed by atoms with E-state index in [1.54, 1.807) is 11.3 Å². The van der Waals surface area contributed by atoms with Gasteiger partial charge in [-0.25, -0.2) is 4.98 Å². The predicted octanol–water partition coefficient (Wildman–Crippen LogP) is 2.78. The van der Waals surface area contributed by atoms with E-state index in [0.717, 1.165) is 6.42 Å². The monoisotopic (exact) mass is 187 g/mol. The molecule has 0 aliphatic carbocycles. The minimum atomic E-state index is 0.492. The van der Waals surface area contributed by atoms with Crippen LogP contribution in [-0.2, 0) is 6.42 Å². The summed E-state index contributed by atoms with van der Waals surface area (Å²) in [6, 6.07) is 0. The van der Waals surface area contributed by atoms with E-state index >= 15 is 0 Å². The Balaban J connectivity index is 2.31. The Bertz CT molecular complexity index is 184. The van der Waals surface area contributed by atoms with Gasteiger partial charge in [-0.15, -0.1) is 11.3 Å². The number of thiazole rings is 1. The SMILES string of the molecule is CCCC(S)Cc1nccs1. The quantitative estimate of drug-likeness (QED) is 0.715. The van der Waals surface area contributed by atoms with Crippen LogP contribution in [-0.4, -0.2) is 10.2 Å². The Hall–Kier alpha value is -0.0200. The van der Waals surface area contributed by atoms with Crippen LogP contribution >= 0.6 is 24.0 Å². The summed E-state index contributed by atoms with van der Waals surface area (Å²) >= 11 is 6.18. The van der Waals surface area contributed by atoms with Gasteiger partial charge in [0.25, 0.3) is 0 Å². The number of thiol groups is 1. The maximum Gasteiger partial charge on any atom is 0.0935 e. The van der Waals surface area contributed by atoms with E-state index in [2.05, 4.69) is 24.5 Å². The molecule has 3 heteroatoms. The van der Waals surface area contributed by atoms with Crippen molar-refractivity contribution in [2.45, 2.75) is 31.4 Å². The lowest BCUT2D eigenvalue weighted by molar-refractivity contribution is 0.736. The fraction of sp³-hybridized carbons (Fsp3) is 0.625. The van der Waals surface area contributed by atoms with Crippen molar-refractivity contribution in [3.05, 3.63) is 16.6 Å². The number of nitrogens with zero attached hydrogens (tertiary/aromatic N) is 1. The third kappa shape index (κ3) is 3.25. The van der Waals surface area contributed by atoms with Gasteiger partial charge in [0.05, 0.1) is 5.01 Å². The van der Waals surface area contributed by atoms with Crippen molar-refractivity contribution in [1.82, 2.24) is 4.98 Å². The van der Waals surface area contributed by atoms with Crippen molar-refractivity contribution in [1.29, 1.82) is 0 Å². The van der Waals surface area contributed by atoms with E-state index in [9.17, 15) is 0 Å². The predicted molar refractivity (Wildman–Crippen MR) is 53.5 cm³/mol. The van der Waals surface area contributed by atoms with Gasteiger partial charge in [0.15, 0.2) is 0 Å². The summed E-state index contributed by atoms with van der Waals surface area (Å²) in [6.07, 6.45) is 5.27. The van der Waals surface area contributed by atoms with Gasteiger partial charge in [0.2, 0.25) is 0 Å². The van der Waals surface area contributed by atoms with Gasteiger partial charge in [0.1, 0.15) is 0 Å². The van der Waals surface area contributed by atoms with Gasteiger partial charge in [-0.2, -0.15) is 12.6 Å². The Labute approximate surface area is 77.3 Å². The van der Waals surface area contributed by atoms with E-state index in [1.165, 1.54) is 17.8 Å². The molecule has 1 aromatic heterocycles. The standard InChI is InChI=1S/C8H13NS2/c1-2-3-7(10)6-8-9-4-5-11-8/h4-5,7,10H,2-3,6H2,1H3. The minimum absolute atomic E-state index is 0.492. The first-order valence-electron chi connectivity index (χ1n) is 3.89. The van der Waals surface area contributed by atoms with Crippen molar-refractivity contribution < 1.29 is 0 Å². The first-order valence-corrected chi connectivity index (χ1v) is 5.29. The highest BCUT2D eigenvalue weighted by atomic mass is 32.1. The maximum absolute atomic E-state index is 4.46. The topological polar surface area (TPSA) is 12.9 Å². The highest BCUT2D eigenvalue weighted by Crippen LogP contribution is 2.13. The number of hydrogen-bond acceptors (Lipinski definition) is 3. The molecule has 1 atom stereocenters. The third-order valence-corrected chi connectivity index (χ3v) is 2.76. The number of hydrogen-bond donors (Lipinski definition) is 1. The summed E-state index contributed by atoms with van der Waals surface area (Å²) in [6.45, 7) is 2.19. The molecule has 0 bridgehead atoms. The zero-order chi connectivity index (χ0) is 8.10. The Morgan fingerprint density at radius 2 is 2.55 bits per heavy atom. The molecule has 1 heterocycles. The second-order valence-corrected chi connectivity index (χ2v) is 4.28. The van der Waals surface area contributed by atoms with Crippen molar-refractivity contribution >= 4 is 24.0 Å². The van der Waals surface area contributed by atoms with Crippen LogP contribution in [0.2, 0.25) is 0 Å². The summed E-state index contributed by atoms with van der Waals surface area (Å²) in [5.41, 5.74) is 0. The summed E-state index contributed by atoms with van der Waals surface area (Å²) in [5.74, 6) is 0. The summed E-state index contributed by atoms with van der Waals surface area (Å²) in [5, 5.41) is 3.71. The normalized spacial score (nSPS) is 13.3. The van der Waals surface area contributed by atoms with E-state index in [-0.39, 0.29) is 0 Å². The van der Waals surface area contributed by atoms with E-state index in [1.807, 2.05) is 11.6 Å². The van der Waals surface area contributed by atoms with Crippen LogP contribution in [0.1, 0.15) is 24.8 Å².